The number of hydrazine groups is 1. The van der Waals surface area contributed by atoms with Crippen molar-refractivity contribution in [2.24, 2.45) is 0 Å². The van der Waals surface area contributed by atoms with Crippen molar-refractivity contribution in [3.63, 3.8) is 0 Å². The van der Waals surface area contributed by atoms with E-state index >= 15 is 0 Å². The molecule has 162 valence electrons. The number of ether oxygens (including phenoxy) is 1. The third kappa shape index (κ3) is 3.69. The molecule has 2 aromatic rings. The summed E-state index contributed by atoms with van der Waals surface area (Å²) in [5.41, 5.74) is 3.96. The number of carbonyl (C=O) groups is 3. The van der Waals surface area contributed by atoms with Crippen LogP contribution in [0.25, 0.3) is 0 Å². The van der Waals surface area contributed by atoms with E-state index in [1.807, 2.05) is 23.1 Å². The van der Waals surface area contributed by atoms with Crippen LogP contribution in [0.2, 0.25) is 0 Å². The van der Waals surface area contributed by atoms with Crippen LogP contribution in [0.5, 0.6) is 5.75 Å². The number of aryl methyl sites for hydroxylation is 1. The largest absolute Gasteiger partial charge is 0.497 e. The lowest BCUT2D eigenvalue weighted by molar-refractivity contribution is -0.138. The highest BCUT2D eigenvalue weighted by molar-refractivity contribution is 6.08. The van der Waals surface area contributed by atoms with Gasteiger partial charge in [0.05, 0.1) is 13.7 Å². The van der Waals surface area contributed by atoms with Gasteiger partial charge in [0.2, 0.25) is 0 Å². The van der Waals surface area contributed by atoms with Crippen LogP contribution in [-0.2, 0) is 21.5 Å². The van der Waals surface area contributed by atoms with Crippen LogP contribution in [0.3, 0.4) is 0 Å². The summed E-state index contributed by atoms with van der Waals surface area (Å²) in [5, 5.41) is 3.45. The van der Waals surface area contributed by atoms with E-state index in [2.05, 4.69) is 23.7 Å². The molecule has 2 aromatic carbocycles. The van der Waals surface area contributed by atoms with E-state index in [-0.39, 0.29) is 12.6 Å². The van der Waals surface area contributed by atoms with Gasteiger partial charge >= 0.3 is 6.03 Å². The molecule has 8 heteroatoms. The van der Waals surface area contributed by atoms with Gasteiger partial charge in [-0.15, -0.1) is 0 Å². The molecule has 0 radical (unpaired) electrons. The average Bonchev–Trinajstić information content (AvgIpc) is 2.99. The molecule has 2 aliphatic rings. The fourth-order valence-corrected chi connectivity index (χ4v) is 4.19. The number of amides is 4. The average molecular weight is 422 g/mol. The molecule has 0 bridgehead atoms. The van der Waals surface area contributed by atoms with E-state index < -0.39 is 23.4 Å². The Balaban J connectivity index is 1.50. The zero-order valence-electron chi connectivity index (χ0n) is 17.8. The third-order valence-electron chi connectivity index (χ3n) is 6.05. The SMILES string of the molecule is COc1cccc(C2(C)NC(=O)N(NC(=O)CN3c4ccccc4CCC3C)C2=O)c1. The van der Waals surface area contributed by atoms with Gasteiger partial charge in [0.15, 0.2) is 0 Å². The van der Waals surface area contributed by atoms with Gasteiger partial charge in [-0.2, -0.15) is 5.01 Å². The zero-order valence-corrected chi connectivity index (χ0v) is 17.8. The Labute approximate surface area is 181 Å². The summed E-state index contributed by atoms with van der Waals surface area (Å²) < 4.78 is 5.22. The van der Waals surface area contributed by atoms with E-state index in [0.717, 1.165) is 23.5 Å². The van der Waals surface area contributed by atoms with E-state index in [9.17, 15) is 14.4 Å². The lowest BCUT2D eigenvalue weighted by Gasteiger charge is -2.36. The second-order valence-corrected chi connectivity index (χ2v) is 8.11. The van der Waals surface area contributed by atoms with Crippen LogP contribution in [0.15, 0.2) is 48.5 Å². The first-order valence-corrected chi connectivity index (χ1v) is 10.3. The molecular weight excluding hydrogens is 396 g/mol. The fraction of sp³-hybridized carbons (Fsp3) is 0.348. The standard InChI is InChI=1S/C23H26N4O4/c1-15-11-12-16-7-4-5-10-19(16)26(15)14-20(28)25-27-21(29)23(2,24-22(27)30)17-8-6-9-18(13-17)31-3/h4-10,13,15H,11-12,14H2,1-3H3,(H,24,30)(H,25,28). The zero-order chi connectivity index (χ0) is 22.2. The first-order valence-electron chi connectivity index (χ1n) is 10.3. The number of nitrogens with one attached hydrogen (secondary N) is 2. The molecule has 4 amide bonds. The Morgan fingerprint density at radius 1 is 1.23 bits per heavy atom. The Bertz CT molecular complexity index is 1040. The summed E-state index contributed by atoms with van der Waals surface area (Å²) in [6.07, 6.45) is 1.89. The van der Waals surface area contributed by atoms with Gasteiger partial charge in [-0.05, 0) is 56.0 Å². The van der Waals surface area contributed by atoms with Crippen LogP contribution < -0.4 is 20.4 Å². The molecule has 1 saturated heterocycles. The summed E-state index contributed by atoms with van der Waals surface area (Å²) in [6.45, 7) is 3.72. The Kier molecular flexibility index (Phi) is 5.31. The summed E-state index contributed by atoms with van der Waals surface area (Å²) >= 11 is 0. The van der Waals surface area contributed by atoms with Crippen molar-refractivity contribution in [2.75, 3.05) is 18.6 Å². The maximum atomic E-state index is 13.1. The molecular formula is C23H26N4O4. The molecule has 0 aromatic heterocycles. The number of methoxy groups -OCH3 is 1. The van der Waals surface area contributed by atoms with Crippen LogP contribution in [0.4, 0.5) is 10.5 Å². The lowest BCUT2D eigenvalue weighted by Crippen LogP contribution is -2.52. The highest BCUT2D eigenvalue weighted by atomic mass is 16.5. The minimum Gasteiger partial charge on any atom is -0.497 e. The van der Waals surface area contributed by atoms with Gasteiger partial charge in [-0.3, -0.25) is 15.0 Å². The highest BCUT2D eigenvalue weighted by Gasteiger charge is 2.50. The van der Waals surface area contributed by atoms with Crippen molar-refractivity contribution in [1.82, 2.24) is 15.8 Å². The molecule has 2 unspecified atom stereocenters. The highest BCUT2D eigenvalue weighted by Crippen LogP contribution is 2.31. The molecule has 2 aliphatic heterocycles. The third-order valence-corrected chi connectivity index (χ3v) is 6.05. The molecule has 2 N–H and O–H groups in total. The molecule has 0 spiro atoms. The van der Waals surface area contributed by atoms with Gasteiger partial charge < -0.3 is 15.0 Å². The topological polar surface area (TPSA) is 91.0 Å². The van der Waals surface area contributed by atoms with Gasteiger partial charge in [0, 0.05) is 11.7 Å². The van der Waals surface area contributed by atoms with Crippen molar-refractivity contribution in [3.8, 4) is 5.75 Å². The van der Waals surface area contributed by atoms with Gasteiger partial charge in [0.25, 0.3) is 11.8 Å². The number of para-hydroxylation sites is 1. The molecule has 0 aliphatic carbocycles. The maximum Gasteiger partial charge on any atom is 0.344 e. The van der Waals surface area contributed by atoms with Gasteiger partial charge in [-0.1, -0.05) is 30.3 Å². The summed E-state index contributed by atoms with van der Waals surface area (Å²) in [6, 6.07) is 14.4. The van der Waals surface area contributed by atoms with Crippen LogP contribution in [0, 0.1) is 0 Å². The van der Waals surface area contributed by atoms with Crippen molar-refractivity contribution in [1.29, 1.82) is 0 Å². The Morgan fingerprint density at radius 3 is 2.77 bits per heavy atom. The molecule has 4 rings (SSSR count). The quantitative estimate of drug-likeness (QED) is 0.722. The van der Waals surface area contributed by atoms with E-state index in [1.54, 1.807) is 31.2 Å². The van der Waals surface area contributed by atoms with Crippen molar-refractivity contribution in [3.05, 3.63) is 59.7 Å². The van der Waals surface area contributed by atoms with Crippen molar-refractivity contribution < 1.29 is 19.1 Å². The number of urea groups is 1. The number of carbonyl (C=O) groups excluding carboxylic acids is 3. The number of imide groups is 1. The minimum atomic E-state index is -1.30. The summed E-state index contributed by atoms with van der Waals surface area (Å²) in [7, 11) is 1.53. The maximum absolute atomic E-state index is 13.1. The predicted octanol–water partition coefficient (Wildman–Crippen LogP) is 2.33. The minimum absolute atomic E-state index is 0.0467. The smallest absolute Gasteiger partial charge is 0.344 e. The van der Waals surface area contributed by atoms with Crippen LogP contribution >= 0.6 is 0 Å². The monoisotopic (exact) mass is 422 g/mol. The number of nitrogens with zero attached hydrogens (tertiary/aromatic N) is 2. The first kappa shape index (κ1) is 20.7. The number of fused-ring (bicyclic) bond motifs is 1. The normalized spacial score (nSPS) is 22.7. The predicted molar refractivity (Wildman–Crippen MR) is 115 cm³/mol. The second-order valence-electron chi connectivity index (χ2n) is 8.11. The first-order chi connectivity index (χ1) is 14.8. The van der Waals surface area contributed by atoms with Crippen LogP contribution in [-0.4, -0.2) is 42.6 Å². The molecule has 2 heterocycles. The van der Waals surface area contributed by atoms with Crippen LogP contribution in [0.1, 0.15) is 31.4 Å². The molecule has 1 fully saturated rings. The van der Waals surface area contributed by atoms with Gasteiger partial charge in [-0.25, -0.2) is 4.79 Å². The van der Waals surface area contributed by atoms with E-state index in [1.165, 1.54) is 12.7 Å². The molecule has 8 nitrogen and oxygen atoms in total. The van der Waals surface area contributed by atoms with E-state index in [0.29, 0.717) is 11.3 Å². The fourth-order valence-electron chi connectivity index (χ4n) is 4.19. The number of hydrogen-bond acceptors (Lipinski definition) is 5. The molecule has 0 saturated carbocycles. The number of anilines is 1. The molecule has 31 heavy (non-hydrogen) atoms. The Hall–Kier alpha value is -3.55. The lowest BCUT2D eigenvalue weighted by atomic mass is 9.92. The molecule has 2 atom stereocenters. The van der Waals surface area contributed by atoms with Gasteiger partial charge in [0.1, 0.15) is 11.3 Å². The summed E-state index contributed by atoms with van der Waals surface area (Å²) in [4.78, 5) is 40.5. The second kappa shape index (κ2) is 7.94. The Morgan fingerprint density at radius 2 is 2.00 bits per heavy atom. The number of rotatable bonds is 5. The van der Waals surface area contributed by atoms with Crippen molar-refractivity contribution >= 4 is 23.5 Å². The number of benzene rings is 2. The summed E-state index contributed by atoms with van der Waals surface area (Å²) in [5.74, 6) is -0.408. The van der Waals surface area contributed by atoms with Crippen molar-refractivity contribution in [2.45, 2.75) is 38.3 Å². The van der Waals surface area contributed by atoms with E-state index in [4.69, 9.17) is 4.74 Å². The number of hydrogen-bond donors (Lipinski definition) is 2.